The van der Waals surface area contributed by atoms with Crippen LogP contribution in [-0.4, -0.2) is 84.7 Å². The Labute approximate surface area is 116 Å². The van der Waals surface area contributed by atoms with Gasteiger partial charge in [0.25, 0.3) is 0 Å². The zero-order valence-corrected chi connectivity index (χ0v) is 12.1. The maximum Gasteiger partial charge on any atom is 0.236 e. The SMILES string of the molecule is CN1CCN(C(=O)CN2CCCCCC2CO)CC1. The second-order valence-corrected chi connectivity index (χ2v) is 5.84. The number of aliphatic hydroxyl groups excluding tert-OH is 1. The van der Waals surface area contributed by atoms with Crippen LogP contribution in [0.3, 0.4) is 0 Å². The molecule has 0 aliphatic carbocycles. The average Bonchev–Trinajstić information content (AvgIpc) is 2.64. The minimum absolute atomic E-state index is 0.177. The van der Waals surface area contributed by atoms with Gasteiger partial charge in [-0.25, -0.2) is 0 Å². The van der Waals surface area contributed by atoms with Crippen molar-refractivity contribution in [3.63, 3.8) is 0 Å². The molecule has 2 aliphatic rings. The summed E-state index contributed by atoms with van der Waals surface area (Å²) in [7, 11) is 2.10. The molecule has 19 heavy (non-hydrogen) atoms. The molecule has 110 valence electrons. The minimum Gasteiger partial charge on any atom is -0.395 e. The summed E-state index contributed by atoms with van der Waals surface area (Å²) in [5, 5.41) is 9.47. The zero-order valence-electron chi connectivity index (χ0n) is 12.1. The van der Waals surface area contributed by atoms with E-state index < -0.39 is 0 Å². The fourth-order valence-corrected chi connectivity index (χ4v) is 2.98. The summed E-state index contributed by atoms with van der Waals surface area (Å²) in [4.78, 5) is 18.7. The highest BCUT2D eigenvalue weighted by molar-refractivity contribution is 5.78. The van der Waals surface area contributed by atoms with Gasteiger partial charge in [0, 0.05) is 32.2 Å². The van der Waals surface area contributed by atoms with Crippen LogP contribution in [0.15, 0.2) is 0 Å². The van der Waals surface area contributed by atoms with E-state index in [1.807, 2.05) is 4.90 Å². The Hall–Kier alpha value is -0.650. The van der Waals surface area contributed by atoms with E-state index in [2.05, 4.69) is 16.8 Å². The highest BCUT2D eigenvalue weighted by Crippen LogP contribution is 2.16. The number of rotatable bonds is 3. The molecule has 5 nitrogen and oxygen atoms in total. The summed E-state index contributed by atoms with van der Waals surface area (Å²) in [5.74, 6) is 0.230. The van der Waals surface area contributed by atoms with E-state index in [9.17, 15) is 9.90 Å². The van der Waals surface area contributed by atoms with E-state index >= 15 is 0 Å². The molecule has 5 heteroatoms. The highest BCUT2D eigenvalue weighted by atomic mass is 16.3. The second-order valence-electron chi connectivity index (χ2n) is 5.84. The van der Waals surface area contributed by atoms with Crippen LogP contribution in [0.25, 0.3) is 0 Å². The molecule has 0 aromatic carbocycles. The first-order valence-corrected chi connectivity index (χ1v) is 7.52. The third kappa shape index (κ3) is 4.16. The Bertz CT molecular complexity index is 290. The van der Waals surface area contributed by atoms with Crippen LogP contribution >= 0.6 is 0 Å². The molecule has 0 radical (unpaired) electrons. The number of amides is 1. The topological polar surface area (TPSA) is 47.0 Å². The highest BCUT2D eigenvalue weighted by Gasteiger charge is 2.25. The van der Waals surface area contributed by atoms with E-state index in [4.69, 9.17) is 0 Å². The molecule has 2 fully saturated rings. The lowest BCUT2D eigenvalue weighted by Crippen LogP contribution is -2.51. The predicted molar refractivity (Wildman–Crippen MR) is 75.0 cm³/mol. The standard InChI is InChI=1S/C14H27N3O2/c1-15-7-9-16(10-8-15)14(19)11-17-6-4-2-3-5-13(17)12-18/h13,18H,2-12H2,1H3. The molecule has 0 saturated carbocycles. The fourth-order valence-electron chi connectivity index (χ4n) is 2.98. The molecular weight excluding hydrogens is 242 g/mol. The van der Waals surface area contributed by atoms with E-state index in [0.717, 1.165) is 45.6 Å². The normalized spacial score (nSPS) is 27.3. The number of hydrogen-bond donors (Lipinski definition) is 1. The smallest absolute Gasteiger partial charge is 0.236 e. The molecule has 0 bridgehead atoms. The Morgan fingerprint density at radius 3 is 2.53 bits per heavy atom. The van der Waals surface area contributed by atoms with Crippen LogP contribution in [0.2, 0.25) is 0 Å². The number of carbonyl (C=O) groups is 1. The average molecular weight is 269 g/mol. The lowest BCUT2D eigenvalue weighted by atomic mass is 10.1. The first-order chi connectivity index (χ1) is 9.20. The molecule has 2 aliphatic heterocycles. The van der Waals surface area contributed by atoms with Crippen LogP contribution in [0.4, 0.5) is 0 Å². The summed E-state index contributed by atoms with van der Waals surface area (Å²) < 4.78 is 0. The van der Waals surface area contributed by atoms with Gasteiger partial charge in [-0.1, -0.05) is 12.8 Å². The number of piperazine rings is 1. The lowest BCUT2D eigenvalue weighted by Gasteiger charge is -2.35. The third-order valence-electron chi connectivity index (χ3n) is 4.40. The van der Waals surface area contributed by atoms with Gasteiger partial charge in [0.1, 0.15) is 0 Å². The van der Waals surface area contributed by atoms with Crippen LogP contribution < -0.4 is 0 Å². The van der Waals surface area contributed by atoms with Gasteiger partial charge in [-0.2, -0.15) is 0 Å². The molecular formula is C14H27N3O2. The second kappa shape index (κ2) is 7.22. The molecule has 1 amide bonds. The largest absolute Gasteiger partial charge is 0.395 e. The van der Waals surface area contributed by atoms with Crippen molar-refractivity contribution in [2.45, 2.75) is 31.7 Å². The monoisotopic (exact) mass is 269 g/mol. The number of likely N-dealkylation sites (N-methyl/N-ethyl adjacent to an activating group) is 1. The van der Waals surface area contributed by atoms with E-state index in [-0.39, 0.29) is 18.6 Å². The Morgan fingerprint density at radius 2 is 1.84 bits per heavy atom. The van der Waals surface area contributed by atoms with Crippen LogP contribution in [-0.2, 0) is 4.79 Å². The maximum atomic E-state index is 12.3. The molecule has 0 aromatic rings. The van der Waals surface area contributed by atoms with Crippen LogP contribution in [0, 0.1) is 0 Å². The van der Waals surface area contributed by atoms with Gasteiger partial charge in [-0.3, -0.25) is 9.69 Å². The van der Waals surface area contributed by atoms with Crippen LogP contribution in [0.5, 0.6) is 0 Å². The maximum absolute atomic E-state index is 12.3. The lowest BCUT2D eigenvalue weighted by molar-refractivity contribution is -0.134. The van der Waals surface area contributed by atoms with Gasteiger partial charge in [-0.15, -0.1) is 0 Å². The third-order valence-corrected chi connectivity index (χ3v) is 4.40. The van der Waals surface area contributed by atoms with Crippen LogP contribution in [0.1, 0.15) is 25.7 Å². The van der Waals surface area contributed by atoms with Crippen molar-refractivity contribution in [3.05, 3.63) is 0 Å². The summed E-state index contributed by atoms with van der Waals surface area (Å²) in [6.45, 7) is 5.22. The molecule has 1 N–H and O–H groups in total. The molecule has 0 spiro atoms. The van der Waals surface area contributed by atoms with E-state index in [1.165, 1.54) is 12.8 Å². The van der Waals surface area contributed by atoms with Gasteiger partial charge >= 0.3 is 0 Å². The van der Waals surface area contributed by atoms with Crippen molar-refractivity contribution < 1.29 is 9.90 Å². The van der Waals surface area contributed by atoms with Gasteiger partial charge in [0.2, 0.25) is 5.91 Å². The van der Waals surface area contributed by atoms with Crippen molar-refractivity contribution in [2.75, 3.05) is 52.9 Å². The van der Waals surface area contributed by atoms with Crippen molar-refractivity contribution in [2.24, 2.45) is 0 Å². The van der Waals surface area contributed by atoms with E-state index in [1.54, 1.807) is 0 Å². The summed E-state index contributed by atoms with van der Waals surface area (Å²) in [6.07, 6.45) is 4.55. The van der Waals surface area contributed by atoms with Crippen molar-refractivity contribution in [1.29, 1.82) is 0 Å². The molecule has 2 saturated heterocycles. The summed E-state index contributed by atoms with van der Waals surface area (Å²) in [5.41, 5.74) is 0. The Balaban J connectivity index is 1.85. The van der Waals surface area contributed by atoms with Crippen molar-refractivity contribution in [1.82, 2.24) is 14.7 Å². The van der Waals surface area contributed by atoms with Gasteiger partial charge < -0.3 is 14.9 Å². The number of carbonyl (C=O) groups excluding carboxylic acids is 1. The predicted octanol–water partition coefficient (Wildman–Crippen LogP) is -0.00270. The number of nitrogens with zero attached hydrogens (tertiary/aromatic N) is 3. The van der Waals surface area contributed by atoms with Crippen molar-refractivity contribution in [3.8, 4) is 0 Å². The van der Waals surface area contributed by atoms with Crippen molar-refractivity contribution >= 4 is 5.91 Å². The first kappa shape index (κ1) is 14.8. The minimum atomic E-state index is 0.177. The Morgan fingerprint density at radius 1 is 1.11 bits per heavy atom. The molecule has 2 heterocycles. The molecule has 2 rings (SSSR count). The number of hydrogen-bond acceptors (Lipinski definition) is 4. The zero-order chi connectivity index (χ0) is 13.7. The fraction of sp³-hybridized carbons (Fsp3) is 0.929. The molecule has 1 unspecified atom stereocenters. The number of aliphatic hydroxyl groups is 1. The summed E-state index contributed by atoms with van der Waals surface area (Å²) >= 11 is 0. The quantitative estimate of drug-likeness (QED) is 0.783. The van der Waals surface area contributed by atoms with Gasteiger partial charge in [0.05, 0.1) is 13.2 Å². The molecule has 0 aromatic heterocycles. The van der Waals surface area contributed by atoms with Gasteiger partial charge in [-0.05, 0) is 26.4 Å². The first-order valence-electron chi connectivity index (χ1n) is 7.52. The number of likely N-dealkylation sites (tertiary alicyclic amines) is 1. The van der Waals surface area contributed by atoms with E-state index in [0.29, 0.717) is 6.54 Å². The molecule has 1 atom stereocenters. The summed E-state index contributed by atoms with van der Waals surface area (Å²) in [6, 6.07) is 0.180. The van der Waals surface area contributed by atoms with Gasteiger partial charge in [0.15, 0.2) is 0 Å². The Kier molecular flexibility index (Phi) is 5.60.